The van der Waals surface area contributed by atoms with E-state index in [9.17, 15) is 0 Å². The van der Waals surface area contributed by atoms with Crippen LogP contribution in [0.2, 0.25) is 0 Å². The molecule has 1 nitrogen and oxygen atoms in total. The smallest absolute Gasteiger partial charge is 0.0381 e. The minimum atomic E-state index is 0.922. The normalized spacial score (nSPS) is 9.17. The summed E-state index contributed by atoms with van der Waals surface area (Å²) < 4.78 is 0. The van der Waals surface area contributed by atoms with E-state index in [1.165, 1.54) is 11.1 Å². The Kier molecular flexibility index (Phi) is 3.86. The Morgan fingerprint density at radius 3 is 2.92 bits per heavy atom. The number of hydrogen-bond donors (Lipinski definition) is 1. The zero-order valence-electron chi connectivity index (χ0n) is 7.48. The average molecular weight is 179 g/mol. The molecular weight excluding hydrogens is 166 g/mol. The first-order valence-corrected chi connectivity index (χ1v) is 4.95. The third-order valence-electron chi connectivity index (χ3n) is 1.58. The van der Waals surface area contributed by atoms with Crippen molar-refractivity contribution in [2.24, 2.45) is 0 Å². The molecule has 0 fully saturated rings. The highest BCUT2D eigenvalue weighted by atomic mass is 32.1. The summed E-state index contributed by atoms with van der Waals surface area (Å²) in [6, 6.07) is 0. The summed E-state index contributed by atoms with van der Waals surface area (Å²) in [4.78, 5) is 0. The van der Waals surface area contributed by atoms with Gasteiger partial charge in [0.1, 0.15) is 0 Å². The second-order valence-corrected chi connectivity index (χ2v) is 3.37. The van der Waals surface area contributed by atoms with Gasteiger partial charge in [-0.2, -0.15) is 11.3 Å². The van der Waals surface area contributed by atoms with Crippen molar-refractivity contribution in [2.75, 3.05) is 13.6 Å². The molecule has 0 aliphatic carbocycles. The van der Waals surface area contributed by atoms with Crippen LogP contribution in [0.1, 0.15) is 17.5 Å². The van der Waals surface area contributed by atoms with Gasteiger partial charge in [-0.3, -0.25) is 0 Å². The molecule has 0 bridgehead atoms. The lowest BCUT2D eigenvalue weighted by Crippen LogP contribution is -2.05. The van der Waals surface area contributed by atoms with Crippen LogP contribution in [-0.4, -0.2) is 13.6 Å². The fourth-order valence-corrected chi connectivity index (χ4v) is 1.61. The Balaban J connectivity index is 2.49. The summed E-state index contributed by atoms with van der Waals surface area (Å²) in [5.74, 6) is 6.27. The summed E-state index contributed by atoms with van der Waals surface area (Å²) >= 11 is 1.71. The van der Waals surface area contributed by atoms with Crippen molar-refractivity contribution in [3.05, 3.63) is 21.9 Å². The lowest BCUT2D eigenvalue weighted by atomic mass is 10.2. The molecule has 0 spiro atoms. The molecule has 1 aromatic heterocycles. The van der Waals surface area contributed by atoms with Gasteiger partial charge in [-0.25, -0.2) is 0 Å². The minimum absolute atomic E-state index is 0.922. The standard InChI is InChI=1S/C10H13NS/c1-9-7-12-8-10(9)5-3-4-6-11-2/h7-8,11H,4,6H2,1-2H3. The Hall–Kier alpha value is -0.780. The van der Waals surface area contributed by atoms with E-state index in [1.807, 2.05) is 7.05 Å². The predicted octanol–water partition coefficient (Wildman–Crippen LogP) is 2.02. The van der Waals surface area contributed by atoms with Gasteiger partial charge >= 0.3 is 0 Å². The molecule has 0 unspecified atom stereocenters. The Bertz CT molecular complexity index is 290. The van der Waals surface area contributed by atoms with E-state index in [2.05, 4.69) is 34.8 Å². The van der Waals surface area contributed by atoms with E-state index in [0.29, 0.717) is 0 Å². The summed E-state index contributed by atoms with van der Waals surface area (Å²) in [6.45, 7) is 3.06. The molecule has 1 heterocycles. The maximum atomic E-state index is 3.15. The van der Waals surface area contributed by atoms with Crippen LogP contribution in [-0.2, 0) is 0 Å². The zero-order valence-corrected chi connectivity index (χ0v) is 8.29. The average Bonchev–Trinajstić information content (AvgIpc) is 2.46. The van der Waals surface area contributed by atoms with Crippen molar-refractivity contribution in [2.45, 2.75) is 13.3 Å². The molecule has 0 aliphatic rings. The van der Waals surface area contributed by atoms with Gasteiger partial charge in [0.2, 0.25) is 0 Å². The van der Waals surface area contributed by atoms with Crippen LogP contribution in [0, 0.1) is 18.8 Å². The van der Waals surface area contributed by atoms with Crippen molar-refractivity contribution >= 4 is 11.3 Å². The van der Waals surface area contributed by atoms with Gasteiger partial charge < -0.3 is 5.32 Å². The van der Waals surface area contributed by atoms with Gasteiger partial charge in [-0.15, -0.1) is 0 Å². The molecule has 0 amide bonds. The zero-order chi connectivity index (χ0) is 8.81. The van der Waals surface area contributed by atoms with E-state index < -0.39 is 0 Å². The molecule has 1 N–H and O–H groups in total. The second-order valence-electron chi connectivity index (χ2n) is 2.62. The molecular formula is C10H13NS. The highest BCUT2D eigenvalue weighted by molar-refractivity contribution is 7.08. The Labute approximate surface area is 77.8 Å². The summed E-state index contributed by atoms with van der Waals surface area (Å²) in [5.41, 5.74) is 2.47. The predicted molar refractivity (Wildman–Crippen MR) is 54.5 cm³/mol. The maximum Gasteiger partial charge on any atom is 0.0381 e. The Morgan fingerprint density at radius 2 is 2.33 bits per heavy atom. The largest absolute Gasteiger partial charge is 0.319 e. The molecule has 0 saturated carbocycles. The van der Waals surface area contributed by atoms with E-state index >= 15 is 0 Å². The first-order valence-electron chi connectivity index (χ1n) is 4.01. The lowest BCUT2D eigenvalue weighted by molar-refractivity contribution is 0.818. The lowest BCUT2D eigenvalue weighted by Gasteiger charge is -1.88. The van der Waals surface area contributed by atoms with Crippen LogP contribution in [0.25, 0.3) is 0 Å². The number of thiophene rings is 1. The molecule has 0 radical (unpaired) electrons. The summed E-state index contributed by atoms with van der Waals surface area (Å²) in [5, 5.41) is 7.29. The van der Waals surface area contributed by atoms with Crippen molar-refractivity contribution in [3.8, 4) is 11.8 Å². The first kappa shape index (κ1) is 9.31. The first-order chi connectivity index (χ1) is 5.84. The quantitative estimate of drug-likeness (QED) is 0.541. The fourth-order valence-electron chi connectivity index (χ4n) is 0.834. The maximum absolute atomic E-state index is 3.15. The minimum Gasteiger partial charge on any atom is -0.319 e. The second kappa shape index (κ2) is 4.97. The molecule has 0 atom stereocenters. The van der Waals surface area contributed by atoms with Crippen molar-refractivity contribution < 1.29 is 0 Å². The number of aryl methyl sites for hydroxylation is 1. The van der Waals surface area contributed by atoms with Crippen LogP contribution in [0.3, 0.4) is 0 Å². The number of hydrogen-bond acceptors (Lipinski definition) is 2. The molecule has 12 heavy (non-hydrogen) atoms. The van der Waals surface area contributed by atoms with E-state index in [1.54, 1.807) is 11.3 Å². The summed E-state index contributed by atoms with van der Waals surface area (Å²) in [6.07, 6.45) is 0.922. The number of rotatable bonds is 2. The third kappa shape index (κ3) is 2.69. The van der Waals surface area contributed by atoms with Gasteiger partial charge in [0, 0.05) is 23.9 Å². The van der Waals surface area contributed by atoms with Crippen LogP contribution < -0.4 is 5.32 Å². The highest BCUT2D eigenvalue weighted by Crippen LogP contribution is 2.11. The van der Waals surface area contributed by atoms with Crippen molar-refractivity contribution in [3.63, 3.8) is 0 Å². The van der Waals surface area contributed by atoms with Gasteiger partial charge in [0.05, 0.1) is 0 Å². The monoisotopic (exact) mass is 179 g/mol. The van der Waals surface area contributed by atoms with Gasteiger partial charge in [0.25, 0.3) is 0 Å². The fraction of sp³-hybridized carbons (Fsp3) is 0.400. The Morgan fingerprint density at radius 1 is 1.50 bits per heavy atom. The number of nitrogens with one attached hydrogen (secondary N) is 1. The SMILES string of the molecule is CNCCC#Cc1cscc1C. The van der Waals surface area contributed by atoms with Crippen LogP contribution >= 0.6 is 11.3 Å². The molecule has 0 aromatic carbocycles. The van der Waals surface area contributed by atoms with Gasteiger partial charge in [-0.05, 0) is 24.9 Å². The van der Waals surface area contributed by atoms with Gasteiger partial charge in [0.15, 0.2) is 0 Å². The van der Waals surface area contributed by atoms with E-state index in [0.717, 1.165) is 13.0 Å². The van der Waals surface area contributed by atoms with Crippen molar-refractivity contribution in [1.29, 1.82) is 0 Å². The highest BCUT2D eigenvalue weighted by Gasteiger charge is 1.92. The molecule has 0 saturated heterocycles. The van der Waals surface area contributed by atoms with E-state index in [4.69, 9.17) is 0 Å². The third-order valence-corrected chi connectivity index (χ3v) is 2.44. The molecule has 1 aromatic rings. The van der Waals surface area contributed by atoms with Crippen LogP contribution in [0.4, 0.5) is 0 Å². The molecule has 1 rings (SSSR count). The van der Waals surface area contributed by atoms with E-state index in [-0.39, 0.29) is 0 Å². The van der Waals surface area contributed by atoms with Crippen LogP contribution in [0.5, 0.6) is 0 Å². The van der Waals surface area contributed by atoms with Gasteiger partial charge in [-0.1, -0.05) is 11.8 Å². The summed E-state index contributed by atoms with van der Waals surface area (Å²) in [7, 11) is 1.94. The molecule has 0 aliphatic heterocycles. The molecule has 64 valence electrons. The van der Waals surface area contributed by atoms with Crippen molar-refractivity contribution in [1.82, 2.24) is 5.32 Å². The van der Waals surface area contributed by atoms with Crippen LogP contribution in [0.15, 0.2) is 10.8 Å². The topological polar surface area (TPSA) is 12.0 Å². The molecule has 2 heteroatoms.